The van der Waals surface area contributed by atoms with Crippen LogP contribution in [0.1, 0.15) is 51.5 Å². The first kappa shape index (κ1) is 14.7. The van der Waals surface area contributed by atoms with Crippen LogP contribution < -0.4 is 0 Å². The minimum absolute atomic E-state index is 0.0332. The Morgan fingerprint density at radius 2 is 1.83 bits per heavy atom. The van der Waals surface area contributed by atoms with Crippen LogP contribution in [-0.2, 0) is 16.1 Å². The maximum atomic E-state index is 12.0. The van der Waals surface area contributed by atoms with Gasteiger partial charge in [0.2, 0.25) is 0 Å². The Bertz CT molecular complexity index is 332. The quantitative estimate of drug-likeness (QED) is 0.640. The van der Waals surface area contributed by atoms with Gasteiger partial charge in [0, 0.05) is 0 Å². The predicted molar refractivity (Wildman–Crippen MR) is 74.2 cm³/mol. The monoisotopic (exact) mass is 248 g/mol. The van der Waals surface area contributed by atoms with Gasteiger partial charge < -0.3 is 4.74 Å². The lowest BCUT2D eigenvalue weighted by atomic mass is 9.97. The summed E-state index contributed by atoms with van der Waals surface area (Å²) in [5.74, 6) is 0.0489. The smallest absolute Gasteiger partial charge is 0.309 e. The molecule has 18 heavy (non-hydrogen) atoms. The number of carbonyl (C=O) groups excluding carboxylic acids is 1. The van der Waals surface area contributed by atoms with Gasteiger partial charge in [-0.25, -0.2) is 0 Å². The van der Waals surface area contributed by atoms with E-state index in [1.807, 2.05) is 30.3 Å². The first-order valence-corrected chi connectivity index (χ1v) is 6.98. The zero-order valence-electron chi connectivity index (χ0n) is 11.5. The van der Waals surface area contributed by atoms with Crippen LogP contribution in [0.2, 0.25) is 0 Å². The minimum atomic E-state index is -0.0332. The molecule has 1 atom stereocenters. The Morgan fingerprint density at radius 1 is 1.11 bits per heavy atom. The third-order valence-electron chi connectivity index (χ3n) is 3.10. The van der Waals surface area contributed by atoms with E-state index in [2.05, 4.69) is 13.8 Å². The Labute approximate surface area is 110 Å². The van der Waals surface area contributed by atoms with Crippen molar-refractivity contribution in [3.8, 4) is 0 Å². The highest BCUT2D eigenvalue weighted by molar-refractivity contribution is 5.72. The van der Waals surface area contributed by atoms with Gasteiger partial charge in [-0.3, -0.25) is 4.79 Å². The van der Waals surface area contributed by atoms with Gasteiger partial charge in [0.1, 0.15) is 6.61 Å². The first-order chi connectivity index (χ1) is 8.77. The van der Waals surface area contributed by atoms with Crippen molar-refractivity contribution in [2.45, 2.75) is 52.6 Å². The van der Waals surface area contributed by atoms with E-state index >= 15 is 0 Å². The summed E-state index contributed by atoms with van der Waals surface area (Å²) in [6.45, 7) is 4.66. The van der Waals surface area contributed by atoms with E-state index in [-0.39, 0.29) is 11.9 Å². The zero-order valence-corrected chi connectivity index (χ0v) is 11.5. The van der Waals surface area contributed by atoms with Gasteiger partial charge in [0.15, 0.2) is 0 Å². The molecule has 0 spiro atoms. The molecule has 2 nitrogen and oxygen atoms in total. The van der Waals surface area contributed by atoms with Crippen molar-refractivity contribution in [2.75, 3.05) is 0 Å². The van der Waals surface area contributed by atoms with Gasteiger partial charge in [0.25, 0.3) is 0 Å². The molecule has 0 fully saturated rings. The number of benzene rings is 1. The number of esters is 1. The fourth-order valence-electron chi connectivity index (χ4n) is 2.03. The van der Waals surface area contributed by atoms with Gasteiger partial charge in [-0.1, -0.05) is 63.4 Å². The maximum absolute atomic E-state index is 12.0. The number of rotatable bonds is 8. The largest absolute Gasteiger partial charge is 0.461 e. The predicted octanol–water partition coefficient (Wildman–Crippen LogP) is 4.34. The second-order valence-electron chi connectivity index (χ2n) is 4.72. The van der Waals surface area contributed by atoms with E-state index in [4.69, 9.17) is 4.74 Å². The zero-order chi connectivity index (χ0) is 13.2. The van der Waals surface area contributed by atoms with Gasteiger partial charge in [-0.15, -0.1) is 0 Å². The Hall–Kier alpha value is -1.31. The van der Waals surface area contributed by atoms with Crippen LogP contribution in [0, 0.1) is 5.92 Å². The molecule has 0 bridgehead atoms. The molecule has 0 radical (unpaired) electrons. The van der Waals surface area contributed by atoms with Crippen LogP contribution in [0.3, 0.4) is 0 Å². The van der Waals surface area contributed by atoms with Crippen LogP contribution in [0.4, 0.5) is 0 Å². The number of carbonyl (C=O) groups is 1. The van der Waals surface area contributed by atoms with Crippen LogP contribution in [0.5, 0.6) is 0 Å². The van der Waals surface area contributed by atoms with Crippen molar-refractivity contribution in [2.24, 2.45) is 5.92 Å². The van der Waals surface area contributed by atoms with Gasteiger partial charge >= 0.3 is 5.97 Å². The molecule has 100 valence electrons. The van der Waals surface area contributed by atoms with Gasteiger partial charge in [-0.05, 0) is 18.4 Å². The Balaban J connectivity index is 2.40. The molecule has 1 unspecified atom stereocenters. The number of ether oxygens (including phenoxy) is 1. The summed E-state index contributed by atoms with van der Waals surface area (Å²) >= 11 is 0. The van der Waals surface area contributed by atoms with E-state index in [0.29, 0.717) is 6.61 Å². The highest BCUT2D eigenvalue weighted by Gasteiger charge is 2.18. The lowest BCUT2D eigenvalue weighted by Crippen LogP contribution is -2.17. The van der Waals surface area contributed by atoms with Gasteiger partial charge in [0.05, 0.1) is 5.92 Å². The molecule has 0 saturated heterocycles. The van der Waals surface area contributed by atoms with Gasteiger partial charge in [-0.2, -0.15) is 0 Å². The summed E-state index contributed by atoms with van der Waals surface area (Å²) in [6, 6.07) is 9.85. The summed E-state index contributed by atoms with van der Waals surface area (Å²) in [4.78, 5) is 12.0. The fraction of sp³-hybridized carbons (Fsp3) is 0.562. The highest BCUT2D eigenvalue weighted by Crippen LogP contribution is 2.17. The SMILES string of the molecule is CCCCC(CCC)C(=O)OCc1ccccc1. The summed E-state index contributed by atoms with van der Waals surface area (Å²) in [5.41, 5.74) is 1.05. The third-order valence-corrected chi connectivity index (χ3v) is 3.10. The number of hydrogen-bond donors (Lipinski definition) is 0. The molecule has 0 aromatic heterocycles. The molecule has 0 aliphatic rings. The van der Waals surface area contributed by atoms with Crippen molar-refractivity contribution in [3.05, 3.63) is 35.9 Å². The topological polar surface area (TPSA) is 26.3 Å². The van der Waals surface area contributed by atoms with Crippen LogP contribution in [-0.4, -0.2) is 5.97 Å². The average molecular weight is 248 g/mol. The molecule has 0 saturated carbocycles. The fourth-order valence-corrected chi connectivity index (χ4v) is 2.03. The Morgan fingerprint density at radius 3 is 2.44 bits per heavy atom. The lowest BCUT2D eigenvalue weighted by Gasteiger charge is -2.14. The van der Waals surface area contributed by atoms with Crippen LogP contribution in [0.25, 0.3) is 0 Å². The normalized spacial score (nSPS) is 12.1. The van der Waals surface area contributed by atoms with Crippen LogP contribution >= 0.6 is 0 Å². The van der Waals surface area contributed by atoms with Crippen molar-refractivity contribution in [1.29, 1.82) is 0 Å². The molecule has 1 rings (SSSR count). The van der Waals surface area contributed by atoms with E-state index in [1.165, 1.54) is 0 Å². The second kappa shape index (κ2) is 8.73. The van der Waals surface area contributed by atoms with E-state index < -0.39 is 0 Å². The molecule has 0 amide bonds. The lowest BCUT2D eigenvalue weighted by molar-refractivity contribution is -0.150. The molecule has 1 aromatic carbocycles. The maximum Gasteiger partial charge on any atom is 0.309 e. The highest BCUT2D eigenvalue weighted by atomic mass is 16.5. The van der Waals surface area contributed by atoms with Crippen molar-refractivity contribution in [3.63, 3.8) is 0 Å². The molecular formula is C16H24O2. The third kappa shape index (κ3) is 5.35. The summed E-state index contributed by atoms with van der Waals surface area (Å²) < 4.78 is 5.40. The number of hydrogen-bond acceptors (Lipinski definition) is 2. The standard InChI is InChI=1S/C16H24O2/c1-3-5-12-15(9-4-2)16(17)18-13-14-10-7-6-8-11-14/h6-8,10-11,15H,3-5,9,12-13H2,1-2H3. The van der Waals surface area contributed by atoms with Crippen molar-refractivity contribution >= 4 is 5.97 Å². The average Bonchev–Trinajstić information content (AvgIpc) is 2.42. The molecule has 0 heterocycles. The van der Waals surface area contributed by atoms with Crippen molar-refractivity contribution in [1.82, 2.24) is 0 Å². The van der Waals surface area contributed by atoms with Crippen molar-refractivity contribution < 1.29 is 9.53 Å². The molecular weight excluding hydrogens is 224 g/mol. The molecule has 1 aromatic rings. The molecule has 2 heteroatoms. The van der Waals surface area contributed by atoms with E-state index in [9.17, 15) is 4.79 Å². The Kier molecular flexibility index (Phi) is 7.16. The molecule has 0 N–H and O–H groups in total. The number of unbranched alkanes of at least 4 members (excludes halogenated alkanes) is 1. The molecule has 0 aliphatic heterocycles. The second-order valence-corrected chi connectivity index (χ2v) is 4.72. The minimum Gasteiger partial charge on any atom is -0.461 e. The van der Waals surface area contributed by atoms with E-state index in [0.717, 1.165) is 37.7 Å². The molecule has 0 aliphatic carbocycles. The summed E-state index contributed by atoms with van der Waals surface area (Å²) in [5, 5.41) is 0. The first-order valence-electron chi connectivity index (χ1n) is 6.98. The van der Waals surface area contributed by atoms with Crippen LogP contribution in [0.15, 0.2) is 30.3 Å². The summed E-state index contributed by atoms with van der Waals surface area (Å²) in [7, 11) is 0. The summed E-state index contributed by atoms with van der Waals surface area (Å²) in [6.07, 6.45) is 5.16. The van der Waals surface area contributed by atoms with E-state index in [1.54, 1.807) is 0 Å².